The first-order chi connectivity index (χ1) is 11.5. The zero-order chi connectivity index (χ0) is 17.4. The average Bonchev–Trinajstić information content (AvgIpc) is 2.57. The van der Waals surface area contributed by atoms with Gasteiger partial charge in [-0.15, -0.1) is 0 Å². The highest BCUT2D eigenvalue weighted by Crippen LogP contribution is 2.24. The van der Waals surface area contributed by atoms with Crippen LogP contribution in [0.2, 0.25) is 0 Å². The van der Waals surface area contributed by atoms with Gasteiger partial charge in [-0.1, -0.05) is 22.9 Å². The summed E-state index contributed by atoms with van der Waals surface area (Å²) in [6, 6.07) is 7.42. The fraction of sp³-hybridized carbons (Fsp3) is 0.556. The van der Waals surface area contributed by atoms with Gasteiger partial charge in [0.2, 0.25) is 11.8 Å². The zero-order valence-electron chi connectivity index (χ0n) is 14.1. The fourth-order valence-corrected chi connectivity index (χ4v) is 3.28. The van der Waals surface area contributed by atoms with Crippen molar-refractivity contribution >= 4 is 33.4 Å². The molecule has 0 bridgehead atoms. The van der Waals surface area contributed by atoms with Gasteiger partial charge in [0.05, 0.1) is 0 Å². The summed E-state index contributed by atoms with van der Waals surface area (Å²) >= 11 is 3.35. The summed E-state index contributed by atoms with van der Waals surface area (Å²) in [5.41, 5.74) is 0.758. The van der Waals surface area contributed by atoms with Crippen LogP contribution in [0.5, 0.6) is 0 Å². The van der Waals surface area contributed by atoms with Crippen molar-refractivity contribution in [3.05, 3.63) is 28.7 Å². The van der Waals surface area contributed by atoms with Gasteiger partial charge < -0.3 is 16.0 Å². The minimum atomic E-state index is -0.0935. The lowest BCUT2D eigenvalue weighted by atomic mass is 9.84. The number of piperidine rings is 1. The number of carbonyl (C=O) groups is 2. The molecule has 1 saturated heterocycles. The van der Waals surface area contributed by atoms with Crippen LogP contribution in [0, 0.1) is 11.8 Å². The molecule has 1 aromatic carbocycles. The molecular weight excluding hydrogens is 370 g/mol. The normalized spacial score (nSPS) is 16.4. The Morgan fingerprint density at radius 1 is 1.21 bits per heavy atom. The molecule has 2 amide bonds. The number of benzene rings is 1. The van der Waals surface area contributed by atoms with Gasteiger partial charge >= 0.3 is 0 Å². The highest BCUT2D eigenvalue weighted by Gasteiger charge is 2.21. The van der Waals surface area contributed by atoms with Crippen LogP contribution >= 0.6 is 15.9 Å². The first-order valence-electron chi connectivity index (χ1n) is 8.57. The van der Waals surface area contributed by atoms with Crippen LogP contribution in [0.15, 0.2) is 28.7 Å². The summed E-state index contributed by atoms with van der Waals surface area (Å²) in [5.74, 6) is 0.961. The van der Waals surface area contributed by atoms with E-state index in [1.54, 1.807) is 0 Å². The highest BCUT2D eigenvalue weighted by atomic mass is 79.9. The van der Waals surface area contributed by atoms with E-state index in [0.29, 0.717) is 24.8 Å². The van der Waals surface area contributed by atoms with E-state index in [9.17, 15) is 9.59 Å². The maximum atomic E-state index is 12.0. The second-order valence-corrected chi connectivity index (χ2v) is 7.34. The predicted octanol–water partition coefficient (Wildman–Crippen LogP) is 2.92. The Morgan fingerprint density at radius 2 is 1.88 bits per heavy atom. The molecule has 1 aromatic rings. The summed E-state index contributed by atoms with van der Waals surface area (Å²) in [4.78, 5) is 23.9. The Kier molecular flexibility index (Phi) is 7.72. The predicted molar refractivity (Wildman–Crippen MR) is 99.8 cm³/mol. The van der Waals surface area contributed by atoms with Gasteiger partial charge in [0, 0.05) is 29.5 Å². The average molecular weight is 396 g/mol. The minimum Gasteiger partial charge on any atom is -0.356 e. The zero-order valence-corrected chi connectivity index (χ0v) is 15.7. The van der Waals surface area contributed by atoms with Crippen molar-refractivity contribution in [3.63, 3.8) is 0 Å². The van der Waals surface area contributed by atoms with Crippen LogP contribution in [0.1, 0.15) is 32.6 Å². The molecule has 2 rings (SSSR count). The van der Waals surface area contributed by atoms with E-state index in [4.69, 9.17) is 0 Å². The smallest absolute Gasteiger partial charge is 0.226 e. The van der Waals surface area contributed by atoms with E-state index in [1.807, 2.05) is 24.3 Å². The number of hydrogen-bond donors (Lipinski definition) is 3. The van der Waals surface area contributed by atoms with Crippen LogP contribution < -0.4 is 16.0 Å². The molecule has 1 atom stereocenters. The third kappa shape index (κ3) is 6.61. The maximum absolute atomic E-state index is 12.0. The Bertz CT molecular complexity index is 542. The number of anilines is 1. The van der Waals surface area contributed by atoms with Crippen LogP contribution in [-0.4, -0.2) is 31.4 Å². The lowest BCUT2D eigenvalue weighted by molar-refractivity contribution is -0.122. The molecule has 0 radical (unpaired) electrons. The molecule has 0 aromatic heterocycles. The molecule has 1 unspecified atom stereocenters. The van der Waals surface area contributed by atoms with Gasteiger partial charge in [0.15, 0.2) is 0 Å². The lowest BCUT2D eigenvalue weighted by Crippen LogP contribution is -2.34. The molecule has 1 aliphatic rings. The monoisotopic (exact) mass is 395 g/mol. The standard InChI is InChI=1S/C18H26BrN3O2/c1-13(14-6-9-20-10-7-14)12-18(24)21-11-8-17(23)22-16-4-2-15(19)3-5-16/h2-5,13-14,20H,6-12H2,1H3,(H,21,24)(H,22,23). The van der Waals surface area contributed by atoms with E-state index < -0.39 is 0 Å². The molecule has 6 heteroatoms. The number of amides is 2. The second-order valence-electron chi connectivity index (χ2n) is 6.42. The van der Waals surface area contributed by atoms with Gasteiger partial charge in [0.25, 0.3) is 0 Å². The van der Waals surface area contributed by atoms with E-state index in [-0.39, 0.29) is 18.2 Å². The first kappa shape index (κ1) is 18.9. The lowest BCUT2D eigenvalue weighted by Gasteiger charge is -2.27. The first-order valence-corrected chi connectivity index (χ1v) is 9.36. The number of nitrogens with one attached hydrogen (secondary N) is 3. The Hall–Kier alpha value is -1.40. The molecular formula is C18H26BrN3O2. The van der Waals surface area contributed by atoms with Gasteiger partial charge in [-0.05, 0) is 62.0 Å². The molecule has 132 valence electrons. The van der Waals surface area contributed by atoms with Crippen molar-refractivity contribution < 1.29 is 9.59 Å². The summed E-state index contributed by atoms with van der Waals surface area (Å²) in [6.45, 7) is 4.62. The largest absolute Gasteiger partial charge is 0.356 e. The fourth-order valence-electron chi connectivity index (χ4n) is 3.02. The quantitative estimate of drug-likeness (QED) is 0.664. The van der Waals surface area contributed by atoms with Crippen LogP contribution in [0.25, 0.3) is 0 Å². The van der Waals surface area contributed by atoms with Crippen molar-refractivity contribution in [2.24, 2.45) is 11.8 Å². The van der Waals surface area contributed by atoms with Crippen molar-refractivity contribution in [3.8, 4) is 0 Å². The van der Waals surface area contributed by atoms with Crippen LogP contribution in [0.4, 0.5) is 5.69 Å². The molecule has 0 spiro atoms. The summed E-state index contributed by atoms with van der Waals surface area (Å²) in [5, 5.41) is 9.02. The summed E-state index contributed by atoms with van der Waals surface area (Å²) < 4.78 is 0.968. The van der Waals surface area contributed by atoms with Crippen molar-refractivity contribution in [1.82, 2.24) is 10.6 Å². The van der Waals surface area contributed by atoms with E-state index in [1.165, 1.54) is 0 Å². The van der Waals surface area contributed by atoms with E-state index in [0.717, 1.165) is 36.1 Å². The molecule has 0 saturated carbocycles. The number of hydrogen-bond acceptors (Lipinski definition) is 3. The molecule has 24 heavy (non-hydrogen) atoms. The Balaban J connectivity index is 1.62. The molecule has 5 nitrogen and oxygen atoms in total. The SMILES string of the molecule is CC(CC(=O)NCCC(=O)Nc1ccc(Br)cc1)C1CCNCC1. The van der Waals surface area contributed by atoms with E-state index >= 15 is 0 Å². The number of carbonyl (C=O) groups excluding carboxylic acids is 2. The Morgan fingerprint density at radius 3 is 2.54 bits per heavy atom. The van der Waals surface area contributed by atoms with Gasteiger partial charge in [-0.25, -0.2) is 0 Å². The molecule has 1 aliphatic heterocycles. The van der Waals surface area contributed by atoms with Gasteiger partial charge in [0.1, 0.15) is 0 Å². The molecule has 0 aliphatic carbocycles. The van der Waals surface area contributed by atoms with Crippen LogP contribution in [-0.2, 0) is 9.59 Å². The van der Waals surface area contributed by atoms with Gasteiger partial charge in [-0.3, -0.25) is 9.59 Å². The van der Waals surface area contributed by atoms with Crippen molar-refractivity contribution in [1.29, 1.82) is 0 Å². The Labute approximate surface area is 152 Å². The molecule has 3 N–H and O–H groups in total. The third-order valence-electron chi connectivity index (χ3n) is 4.50. The number of rotatable bonds is 7. The number of halogens is 1. The molecule has 1 heterocycles. The van der Waals surface area contributed by atoms with Gasteiger partial charge in [-0.2, -0.15) is 0 Å². The summed E-state index contributed by atoms with van der Waals surface area (Å²) in [7, 11) is 0. The van der Waals surface area contributed by atoms with Crippen molar-refractivity contribution in [2.45, 2.75) is 32.6 Å². The summed E-state index contributed by atoms with van der Waals surface area (Å²) in [6.07, 6.45) is 3.11. The highest BCUT2D eigenvalue weighted by molar-refractivity contribution is 9.10. The second kappa shape index (κ2) is 9.79. The topological polar surface area (TPSA) is 70.2 Å². The molecule has 1 fully saturated rings. The van der Waals surface area contributed by atoms with Crippen LogP contribution in [0.3, 0.4) is 0 Å². The third-order valence-corrected chi connectivity index (χ3v) is 5.03. The van der Waals surface area contributed by atoms with E-state index in [2.05, 4.69) is 38.8 Å². The maximum Gasteiger partial charge on any atom is 0.226 e. The van der Waals surface area contributed by atoms with Crippen molar-refractivity contribution in [2.75, 3.05) is 25.0 Å². The minimum absolute atomic E-state index is 0.0393.